The Hall–Kier alpha value is -3.11. The third-order valence-corrected chi connectivity index (χ3v) is 4.93. The van der Waals surface area contributed by atoms with E-state index in [0.29, 0.717) is 26.3 Å². The van der Waals surface area contributed by atoms with Crippen LogP contribution in [0.4, 0.5) is 0 Å². The van der Waals surface area contributed by atoms with Crippen molar-refractivity contribution in [2.24, 2.45) is 0 Å². The SMILES string of the molecule is CN1CN(Cc2ccccc2)C(=O)C2=C1CCN(CC#Cn1cnnc1)C2. The number of amides is 1. The van der Waals surface area contributed by atoms with Gasteiger partial charge in [0, 0.05) is 44.8 Å². The molecule has 7 heteroatoms. The van der Waals surface area contributed by atoms with Crippen LogP contribution in [0.2, 0.25) is 0 Å². The molecule has 2 aliphatic heterocycles. The Balaban J connectivity index is 1.45. The minimum Gasteiger partial charge on any atom is -0.360 e. The molecule has 0 fully saturated rings. The molecule has 2 aromatic rings. The lowest BCUT2D eigenvalue weighted by Gasteiger charge is -2.42. The molecule has 138 valence electrons. The average Bonchev–Trinajstić information content (AvgIpc) is 3.20. The third kappa shape index (κ3) is 3.86. The highest BCUT2D eigenvalue weighted by molar-refractivity contribution is 5.95. The van der Waals surface area contributed by atoms with Crippen molar-refractivity contribution < 1.29 is 4.79 Å². The number of aromatic nitrogens is 3. The lowest BCUT2D eigenvalue weighted by Crippen LogP contribution is -2.50. The maximum atomic E-state index is 13.1. The van der Waals surface area contributed by atoms with Crippen LogP contribution < -0.4 is 0 Å². The highest BCUT2D eigenvalue weighted by atomic mass is 16.2. The summed E-state index contributed by atoms with van der Waals surface area (Å²) in [7, 11) is 2.07. The number of hydrogen-bond donors (Lipinski definition) is 0. The van der Waals surface area contributed by atoms with E-state index >= 15 is 0 Å². The number of carbonyl (C=O) groups excluding carboxylic acids is 1. The summed E-state index contributed by atoms with van der Waals surface area (Å²) in [6.07, 6.45) is 4.03. The Morgan fingerprint density at radius 1 is 1.15 bits per heavy atom. The molecule has 0 saturated heterocycles. The molecule has 0 unspecified atom stereocenters. The van der Waals surface area contributed by atoms with Crippen LogP contribution in [0.15, 0.2) is 54.3 Å². The normalized spacial score (nSPS) is 17.6. The molecular weight excluding hydrogens is 340 g/mol. The summed E-state index contributed by atoms with van der Waals surface area (Å²) in [5.74, 6) is 3.27. The van der Waals surface area contributed by atoms with Crippen LogP contribution in [-0.4, -0.2) is 68.7 Å². The van der Waals surface area contributed by atoms with Crippen LogP contribution >= 0.6 is 0 Å². The molecular formula is C20H22N6O. The lowest BCUT2D eigenvalue weighted by molar-refractivity contribution is -0.131. The zero-order valence-corrected chi connectivity index (χ0v) is 15.4. The molecule has 0 N–H and O–H groups in total. The van der Waals surface area contributed by atoms with E-state index in [4.69, 9.17) is 0 Å². The van der Waals surface area contributed by atoms with Gasteiger partial charge in [-0.15, -0.1) is 10.2 Å². The Kier molecular flexibility index (Phi) is 4.90. The Morgan fingerprint density at radius 3 is 2.70 bits per heavy atom. The molecule has 27 heavy (non-hydrogen) atoms. The van der Waals surface area contributed by atoms with Crippen molar-refractivity contribution in [3.8, 4) is 12.0 Å². The van der Waals surface area contributed by atoms with Gasteiger partial charge in [-0.2, -0.15) is 0 Å². The lowest BCUT2D eigenvalue weighted by atomic mass is 10.0. The van der Waals surface area contributed by atoms with Gasteiger partial charge < -0.3 is 9.80 Å². The first kappa shape index (κ1) is 17.3. The molecule has 1 amide bonds. The van der Waals surface area contributed by atoms with Gasteiger partial charge >= 0.3 is 0 Å². The first-order valence-corrected chi connectivity index (χ1v) is 9.03. The van der Waals surface area contributed by atoms with E-state index in [0.717, 1.165) is 24.1 Å². The van der Waals surface area contributed by atoms with Crippen LogP contribution in [-0.2, 0) is 11.3 Å². The van der Waals surface area contributed by atoms with Gasteiger partial charge in [0.05, 0.1) is 18.8 Å². The van der Waals surface area contributed by atoms with E-state index in [-0.39, 0.29) is 5.91 Å². The monoisotopic (exact) mass is 362 g/mol. The summed E-state index contributed by atoms with van der Waals surface area (Å²) in [5, 5.41) is 7.47. The molecule has 2 aliphatic rings. The van der Waals surface area contributed by atoms with Gasteiger partial charge in [0.25, 0.3) is 5.91 Å². The van der Waals surface area contributed by atoms with Crippen LogP contribution in [0.25, 0.3) is 0 Å². The third-order valence-electron chi connectivity index (χ3n) is 4.93. The van der Waals surface area contributed by atoms with Gasteiger partial charge in [-0.1, -0.05) is 36.3 Å². The molecule has 0 bridgehead atoms. The number of benzene rings is 1. The van der Waals surface area contributed by atoms with E-state index in [1.54, 1.807) is 17.2 Å². The first-order valence-electron chi connectivity index (χ1n) is 9.03. The van der Waals surface area contributed by atoms with Crippen molar-refractivity contribution in [2.45, 2.75) is 13.0 Å². The fourth-order valence-corrected chi connectivity index (χ4v) is 3.58. The van der Waals surface area contributed by atoms with Crippen LogP contribution in [0.1, 0.15) is 12.0 Å². The molecule has 3 heterocycles. The van der Waals surface area contributed by atoms with E-state index in [1.807, 2.05) is 23.1 Å². The highest BCUT2D eigenvalue weighted by Crippen LogP contribution is 2.27. The maximum Gasteiger partial charge on any atom is 0.254 e. The molecule has 1 aromatic heterocycles. The Bertz CT molecular complexity index is 894. The van der Waals surface area contributed by atoms with Crippen molar-refractivity contribution in [1.29, 1.82) is 0 Å². The smallest absolute Gasteiger partial charge is 0.254 e. The average molecular weight is 362 g/mol. The van der Waals surface area contributed by atoms with E-state index in [1.165, 1.54) is 5.70 Å². The fraction of sp³-hybridized carbons (Fsp3) is 0.350. The first-order chi connectivity index (χ1) is 13.2. The van der Waals surface area contributed by atoms with Gasteiger partial charge in [-0.25, -0.2) is 4.57 Å². The van der Waals surface area contributed by atoms with Crippen molar-refractivity contribution >= 4 is 5.91 Å². The summed E-state index contributed by atoms with van der Waals surface area (Å²) < 4.78 is 1.63. The van der Waals surface area contributed by atoms with Crippen molar-refractivity contribution in [2.75, 3.05) is 33.4 Å². The second-order valence-corrected chi connectivity index (χ2v) is 6.87. The molecule has 0 radical (unpaired) electrons. The van der Waals surface area contributed by atoms with Crippen LogP contribution in [0, 0.1) is 12.0 Å². The molecule has 0 atom stereocenters. The van der Waals surface area contributed by atoms with E-state index < -0.39 is 0 Å². The van der Waals surface area contributed by atoms with Crippen molar-refractivity contribution in [3.05, 3.63) is 59.8 Å². The molecule has 4 rings (SSSR count). The Labute approximate surface area is 158 Å². The summed E-state index contributed by atoms with van der Waals surface area (Å²) in [5.41, 5.74) is 3.22. The van der Waals surface area contributed by atoms with Gasteiger partial charge in [-0.05, 0) is 5.56 Å². The molecule has 0 saturated carbocycles. The van der Waals surface area contributed by atoms with Crippen molar-refractivity contribution in [3.63, 3.8) is 0 Å². The largest absolute Gasteiger partial charge is 0.360 e. The number of carbonyl (C=O) groups is 1. The quantitative estimate of drug-likeness (QED) is 0.762. The fourth-order valence-electron chi connectivity index (χ4n) is 3.58. The van der Waals surface area contributed by atoms with E-state index in [9.17, 15) is 4.79 Å². The topological polar surface area (TPSA) is 57.5 Å². The number of rotatable bonds is 3. The van der Waals surface area contributed by atoms with Crippen LogP contribution in [0.5, 0.6) is 0 Å². The molecule has 7 nitrogen and oxygen atoms in total. The Morgan fingerprint density at radius 2 is 1.93 bits per heavy atom. The molecule has 0 aliphatic carbocycles. The summed E-state index contributed by atoms with van der Waals surface area (Å²) in [6, 6.07) is 13.1. The maximum absolute atomic E-state index is 13.1. The summed E-state index contributed by atoms with van der Waals surface area (Å²) >= 11 is 0. The van der Waals surface area contributed by atoms with Gasteiger partial charge in [0.15, 0.2) is 0 Å². The van der Waals surface area contributed by atoms with Gasteiger partial charge in [0.1, 0.15) is 12.7 Å². The standard InChI is InChI=1S/C20H22N6O/c1-23-16-26(12-17-6-3-2-4-7-17)20(27)18-13-24(11-8-19(18)23)9-5-10-25-14-21-22-15-25/h2-4,6-7,14-15H,8-9,11-13,16H2,1H3. The van der Waals surface area contributed by atoms with Gasteiger partial charge in [-0.3, -0.25) is 9.69 Å². The predicted molar refractivity (Wildman–Crippen MR) is 101 cm³/mol. The van der Waals surface area contributed by atoms with E-state index in [2.05, 4.69) is 51.1 Å². The number of nitrogens with zero attached hydrogens (tertiary/aromatic N) is 6. The second-order valence-electron chi connectivity index (χ2n) is 6.87. The van der Waals surface area contributed by atoms with Crippen molar-refractivity contribution in [1.82, 2.24) is 29.5 Å². The summed E-state index contributed by atoms with van der Waals surface area (Å²) in [6.45, 7) is 3.44. The van der Waals surface area contributed by atoms with Crippen LogP contribution in [0.3, 0.4) is 0 Å². The second kappa shape index (κ2) is 7.64. The molecule has 0 spiro atoms. The minimum atomic E-state index is 0.142. The zero-order valence-electron chi connectivity index (χ0n) is 15.4. The zero-order chi connectivity index (χ0) is 18.6. The molecule has 1 aromatic carbocycles. The summed E-state index contributed by atoms with van der Waals surface area (Å²) in [4.78, 5) is 19.4. The predicted octanol–water partition coefficient (Wildman–Crippen LogP) is 0.979. The number of hydrogen-bond acceptors (Lipinski definition) is 5. The van der Waals surface area contributed by atoms with Gasteiger partial charge in [0.2, 0.25) is 0 Å². The minimum absolute atomic E-state index is 0.142. The highest BCUT2D eigenvalue weighted by Gasteiger charge is 2.33.